The van der Waals surface area contributed by atoms with Gasteiger partial charge in [-0.1, -0.05) is 0 Å². The molecule has 7 nitrogen and oxygen atoms in total. The smallest absolute Gasteiger partial charge is 0.475 e. The Kier molecular flexibility index (Phi) is 5.81. The number of piperazine rings is 1. The lowest BCUT2D eigenvalue weighted by Gasteiger charge is -2.23. The van der Waals surface area contributed by atoms with Gasteiger partial charge in [0, 0.05) is 26.2 Å². The highest BCUT2D eigenvalue weighted by atomic mass is 32.2. The number of rotatable bonds is 1. The van der Waals surface area contributed by atoms with E-state index in [2.05, 4.69) is 5.32 Å². The van der Waals surface area contributed by atoms with Gasteiger partial charge in [-0.25, -0.2) is 4.79 Å². The highest BCUT2D eigenvalue weighted by Crippen LogP contribution is 2.13. The normalized spacial score (nSPS) is 18.1. The van der Waals surface area contributed by atoms with Gasteiger partial charge in [-0.05, 0) is 0 Å². The zero-order chi connectivity index (χ0) is 13.7. The molecule has 0 amide bonds. The molecule has 0 spiro atoms. The standard InChI is InChI=1S/C4H10N2O3S.C2HF3O2/c7-10(8,9)6-3-1-5-2-4-6;3-2(4,5)1(6)7/h5H,1-4H2,(H,7,8,9);(H,6,7). The minimum absolute atomic E-state index is 0.360. The number of hydrogen-bond acceptors (Lipinski definition) is 4. The molecule has 0 atom stereocenters. The molecular formula is C6H11F3N2O5S. The predicted octanol–water partition coefficient (Wildman–Crippen LogP) is -0.672. The van der Waals surface area contributed by atoms with Crippen LogP contribution in [0.25, 0.3) is 0 Å². The van der Waals surface area contributed by atoms with Gasteiger partial charge >= 0.3 is 22.4 Å². The van der Waals surface area contributed by atoms with E-state index in [-0.39, 0.29) is 0 Å². The van der Waals surface area contributed by atoms with Gasteiger partial charge in [0.2, 0.25) is 0 Å². The quantitative estimate of drug-likeness (QED) is 0.550. The average molecular weight is 280 g/mol. The van der Waals surface area contributed by atoms with Crippen molar-refractivity contribution in [3.05, 3.63) is 0 Å². The molecule has 3 N–H and O–H groups in total. The maximum absolute atomic E-state index is 10.6. The molecular weight excluding hydrogens is 269 g/mol. The van der Waals surface area contributed by atoms with Gasteiger partial charge in [-0.15, -0.1) is 0 Å². The Morgan fingerprint density at radius 2 is 1.59 bits per heavy atom. The van der Waals surface area contributed by atoms with Crippen LogP contribution in [0.4, 0.5) is 13.2 Å². The molecule has 0 radical (unpaired) electrons. The Morgan fingerprint density at radius 1 is 1.24 bits per heavy atom. The minimum Gasteiger partial charge on any atom is -0.475 e. The van der Waals surface area contributed by atoms with E-state index in [1.165, 1.54) is 0 Å². The molecule has 0 aromatic carbocycles. The van der Waals surface area contributed by atoms with Gasteiger partial charge < -0.3 is 10.4 Å². The SMILES string of the molecule is O=C(O)C(F)(F)F.O=S(=O)(O)N1CCNCC1. The van der Waals surface area contributed by atoms with Gasteiger partial charge in [-0.3, -0.25) is 4.55 Å². The third kappa shape index (κ3) is 7.10. The van der Waals surface area contributed by atoms with E-state index in [0.29, 0.717) is 26.2 Å². The second-order valence-corrected chi connectivity index (χ2v) is 4.34. The minimum atomic E-state index is -5.08. The van der Waals surface area contributed by atoms with Gasteiger partial charge in [0.05, 0.1) is 0 Å². The number of carbonyl (C=O) groups is 1. The van der Waals surface area contributed by atoms with Gasteiger partial charge in [0.25, 0.3) is 0 Å². The highest BCUT2D eigenvalue weighted by Gasteiger charge is 2.38. The van der Waals surface area contributed by atoms with Gasteiger partial charge in [0.15, 0.2) is 0 Å². The van der Waals surface area contributed by atoms with Crippen molar-refractivity contribution in [1.82, 2.24) is 9.62 Å². The predicted molar refractivity (Wildman–Crippen MR) is 49.7 cm³/mol. The molecule has 1 saturated heterocycles. The monoisotopic (exact) mass is 280 g/mol. The zero-order valence-electron chi connectivity index (χ0n) is 8.44. The lowest BCUT2D eigenvalue weighted by molar-refractivity contribution is -0.192. The molecule has 0 aromatic rings. The summed E-state index contributed by atoms with van der Waals surface area (Å²) in [6.45, 7) is 1.94. The van der Waals surface area contributed by atoms with Crippen molar-refractivity contribution in [2.45, 2.75) is 6.18 Å². The Bertz CT molecular complexity index is 349. The summed E-state index contributed by atoms with van der Waals surface area (Å²) in [6.07, 6.45) is -5.08. The number of aliphatic carboxylic acids is 1. The number of alkyl halides is 3. The molecule has 0 saturated carbocycles. The van der Waals surface area contributed by atoms with E-state index in [0.717, 1.165) is 4.31 Å². The second kappa shape index (κ2) is 6.14. The van der Waals surface area contributed by atoms with Crippen LogP contribution in [0.1, 0.15) is 0 Å². The number of hydrogen-bond donors (Lipinski definition) is 3. The summed E-state index contributed by atoms with van der Waals surface area (Å²) in [5.74, 6) is -2.76. The maximum Gasteiger partial charge on any atom is 0.490 e. The fourth-order valence-corrected chi connectivity index (χ4v) is 1.52. The summed E-state index contributed by atoms with van der Waals surface area (Å²) in [6, 6.07) is 0. The van der Waals surface area contributed by atoms with Crippen molar-refractivity contribution in [3.8, 4) is 0 Å². The molecule has 1 heterocycles. The first-order valence-corrected chi connectivity index (χ1v) is 5.68. The van der Waals surface area contributed by atoms with Crippen molar-refractivity contribution in [2.24, 2.45) is 0 Å². The van der Waals surface area contributed by atoms with Gasteiger partial charge in [0.1, 0.15) is 0 Å². The topological polar surface area (TPSA) is 107 Å². The lowest BCUT2D eigenvalue weighted by atomic mass is 10.4. The van der Waals surface area contributed by atoms with E-state index in [1.807, 2.05) is 0 Å². The van der Waals surface area contributed by atoms with Crippen LogP contribution in [0.5, 0.6) is 0 Å². The summed E-state index contributed by atoms with van der Waals surface area (Å²) in [5.41, 5.74) is 0. The maximum atomic E-state index is 10.6. The zero-order valence-corrected chi connectivity index (χ0v) is 9.25. The molecule has 102 valence electrons. The summed E-state index contributed by atoms with van der Waals surface area (Å²) < 4.78 is 62.2. The Hall–Kier alpha value is -0.910. The average Bonchev–Trinajstić information content (AvgIpc) is 2.17. The largest absolute Gasteiger partial charge is 0.490 e. The van der Waals surface area contributed by atoms with E-state index < -0.39 is 22.4 Å². The number of carboxylic acid groups (broad SMARTS) is 1. The molecule has 0 bridgehead atoms. The fourth-order valence-electron chi connectivity index (χ4n) is 0.875. The molecule has 1 aliphatic rings. The van der Waals surface area contributed by atoms with Crippen LogP contribution in [-0.2, 0) is 15.1 Å². The number of nitrogens with one attached hydrogen (secondary N) is 1. The summed E-state index contributed by atoms with van der Waals surface area (Å²) >= 11 is 0. The molecule has 17 heavy (non-hydrogen) atoms. The van der Waals surface area contributed by atoms with Crippen molar-refractivity contribution in [3.63, 3.8) is 0 Å². The van der Waals surface area contributed by atoms with Crippen molar-refractivity contribution in [2.75, 3.05) is 26.2 Å². The summed E-state index contributed by atoms with van der Waals surface area (Å²) in [5, 5.41) is 10.1. The van der Waals surface area contributed by atoms with Crippen LogP contribution in [-0.4, -0.2) is 60.7 Å². The Balaban J connectivity index is 0.000000325. The Labute approximate surface area is 95.1 Å². The Morgan fingerprint density at radius 3 is 1.76 bits per heavy atom. The second-order valence-electron chi connectivity index (χ2n) is 2.93. The molecule has 0 aromatic heterocycles. The number of halogens is 3. The molecule has 1 rings (SSSR count). The third-order valence-electron chi connectivity index (χ3n) is 1.64. The van der Waals surface area contributed by atoms with E-state index in [4.69, 9.17) is 14.5 Å². The van der Waals surface area contributed by atoms with Crippen molar-refractivity contribution < 1.29 is 36.0 Å². The van der Waals surface area contributed by atoms with Crippen LogP contribution in [0, 0.1) is 0 Å². The van der Waals surface area contributed by atoms with Crippen LogP contribution < -0.4 is 5.32 Å². The van der Waals surface area contributed by atoms with Crippen molar-refractivity contribution in [1.29, 1.82) is 0 Å². The van der Waals surface area contributed by atoms with Crippen LogP contribution in [0.2, 0.25) is 0 Å². The lowest BCUT2D eigenvalue weighted by Crippen LogP contribution is -2.46. The highest BCUT2D eigenvalue weighted by molar-refractivity contribution is 7.83. The summed E-state index contributed by atoms with van der Waals surface area (Å²) in [4.78, 5) is 8.90. The number of carboxylic acids is 1. The van der Waals surface area contributed by atoms with E-state index >= 15 is 0 Å². The van der Waals surface area contributed by atoms with Gasteiger partial charge in [-0.2, -0.15) is 25.9 Å². The molecule has 11 heteroatoms. The fraction of sp³-hybridized carbons (Fsp3) is 0.833. The molecule has 0 aliphatic carbocycles. The first-order valence-electron chi connectivity index (χ1n) is 4.28. The van der Waals surface area contributed by atoms with Crippen LogP contribution in [0.15, 0.2) is 0 Å². The first-order chi connectivity index (χ1) is 7.55. The third-order valence-corrected chi connectivity index (χ3v) is 2.66. The molecule has 1 aliphatic heterocycles. The van der Waals surface area contributed by atoms with E-state index in [9.17, 15) is 21.6 Å². The summed E-state index contributed by atoms with van der Waals surface area (Å²) in [7, 11) is -3.93. The molecule has 0 unspecified atom stereocenters. The van der Waals surface area contributed by atoms with Crippen molar-refractivity contribution >= 4 is 16.3 Å². The first kappa shape index (κ1) is 16.1. The van der Waals surface area contributed by atoms with Crippen LogP contribution >= 0.6 is 0 Å². The number of nitrogens with zero attached hydrogens (tertiary/aromatic N) is 1. The molecule has 1 fully saturated rings. The van der Waals surface area contributed by atoms with Crippen LogP contribution in [0.3, 0.4) is 0 Å². The van der Waals surface area contributed by atoms with E-state index in [1.54, 1.807) is 0 Å².